The maximum Gasteiger partial charge on any atom is 0.231 e. The molecule has 1 aromatic heterocycles. The number of aromatic nitrogens is 2. The highest BCUT2D eigenvalue weighted by molar-refractivity contribution is 5.61. The van der Waals surface area contributed by atoms with E-state index in [-0.39, 0.29) is 6.79 Å². The summed E-state index contributed by atoms with van der Waals surface area (Å²) in [4.78, 5) is 11.6. The van der Waals surface area contributed by atoms with Crippen LogP contribution in [-0.4, -0.2) is 23.3 Å². The molecule has 1 N–H and O–H groups in total. The molecule has 6 heteroatoms. The van der Waals surface area contributed by atoms with Crippen LogP contribution in [0, 0.1) is 6.92 Å². The van der Waals surface area contributed by atoms with E-state index >= 15 is 0 Å². The van der Waals surface area contributed by atoms with Crippen molar-refractivity contribution in [3.8, 4) is 11.5 Å². The topological polar surface area (TPSA) is 59.5 Å². The zero-order valence-corrected chi connectivity index (χ0v) is 15.1. The molecule has 3 aromatic rings. The Labute approximate surface area is 157 Å². The number of benzene rings is 2. The summed E-state index contributed by atoms with van der Waals surface area (Å²) in [6.07, 6.45) is 1.03. The highest BCUT2D eigenvalue weighted by Gasteiger charge is 2.18. The molecule has 5 rings (SSSR count). The van der Waals surface area contributed by atoms with E-state index in [4.69, 9.17) is 14.5 Å². The van der Waals surface area contributed by atoms with Crippen molar-refractivity contribution in [2.45, 2.75) is 19.9 Å². The highest BCUT2D eigenvalue weighted by Crippen LogP contribution is 2.35. The minimum atomic E-state index is 0.264. The predicted molar refractivity (Wildman–Crippen MR) is 104 cm³/mol. The normalized spacial score (nSPS) is 14.8. The maximum absolute atomic E-state index is 5.44. The number of anilines is 3. The SMILES string of the molecule is Cc1cc(N2CCc3ccccc3C2)nc(Nc2ccc3c(c2)OCO3)n1. The average molecular weight is 360 g/mol. The van der Waals surface area contributed by atoms with Gasteiger partial charge in [0.15, 0.2) is 11.5 Å². The summed E-state index contributed by atoms with van der Waals surface area (Å²) in [5.41, 5.74) is 4.60. The molecule has 2 aliphatic rings. The van der Waals surface area contributed by atoms with Crippen LogP contribution >= 0.6 is 0 Å². The zero-order valence-electron chi connectivity index (χ0n) is 15.1. The Kier molecular flexibility index (Phi) is 3.81. The van der Waals surface area contributed by atoms with Crippen LogP contribution < -0.4 is 19.7 Å². The molecule has 0 fully saturated rings. The first-order valence-electron chi connectivity index (χ1n) is 9.09. The minimum absolute atomic E-state index is 0.264. The second kappa shape index (κ2) is 6.46. The fourth-order valence-electron chi connectivity index (χ4n) is 3.56. The summed E-state index contributed by atoms with van der Waals surface area (Å²) in [6.45, 7) is 4.08. The standard InChI is InChI=1S/C21H20N4O2/c1-14-10-20(25-9-8-15-4-2-3-5-16(15)12-25)24-21(22-14)23-17-6-7-18-19(11-17)27-13-26-18/h2-7,10-11H,8-9,12-13H2,1H3,(H,22,23,24). The van der Waals surface area contributed by atoms with Crippen LogP contribution in [0.4, 0.5) is 17.5 Å². The first-order chi connectivity index (χ1) is 13.2. The molecule has 0 saturated carbocycles. The Morgan fingerprint density at radius 1 is 0.963 bits per heavy atom. The summed E-state index contributed by atoms with van der Waals surface area (Å²) in [5.74, 6) is 3.03. The molecule has 136 valence electrons. The fourth-order valence-corrected chi connectivity index (χ4v) is 3.56. The highest BCUT2D eigenvalue weighted by atomic mass is 16.7. The molecule has 6 nitrogen and oxygen atoms in total. The van der Waals surface area contributed by atoms with Gasteiger partial charge in [-0.3, -0.25) is 0 Å². The van der Waals surface area contributed by atoms with Crippen molar-refractivity contribution >= 4 is 17.5 Å². The molecular weight excluding hydrogens is 340 g/mol. The number of hydrogen-bond donors (Lipinski definition) is 1. The lowest BCUT2D eigenvalue weighted by molar-refractivity contribution is 0.174. The van der Waals surface area contributed by atoms with Gasteiger partial charge in [-0.15, -0.1) is 0 Å². The molecule has 0 bridgehead atoms. The number of nitrogens with one attached hydrogen (secondary N) is 1. The molecule has 0 radical (unpaired) electrons. The van der Waals surface area contributed by atoms with Crippen molar-refractivity contribution in [2.24, 2.45) is 0 Å². The first-order valence-corrected chi connectivity index (χ1v) is 9.09. The lowest BCUT2D eigenvalue weighted by Gasteiger charge is -2.30. The predicted octanol–water partition coefficient (Wildman–Crippen LogP) is 3.82. The zero-order chi connectivity index (χ0) is 18.2. The van der Waals surface area contributed by atoms with Crippen LogP contribution in [-0.2, 0) is 13.0 Å². The molecule has 2 aromatic carbocycles. The molecule has 3 heterocycles. The molecule has 0 amide bonds. The Morgan fingerprint density at radius 3 is 2.74 bits per heavy atom. The van der Waals surface area contributed by atoms with Gasteiger partial charge in [0.25, 0.3) is 0 Å². The van der Waals surface area contributed by atoms with Crippen LogP contribution in [0.2, 0.25) is 0 Å². The van der Waals surface area contributed by atoms with E-state index in [1.165, 1.54) is 11.1 Å². The molecule has 0 saturated heterocycles. The van der Waals surface area contributed by atoms with Gasteiger partial charge in [0.1, 0.15) is 5.82 Å². The van der Waals surface area contributed by atoms with Crippen molar-refractivity contribution < 1.29 is 9.47 Å². The van der Waals surface area contributed by atoms with Crippen molar-refractivity contribution in [3.63, 3.8) is 0 Å². The Bertz CT molecular complexity index is 1010. The van der Waals surface area contributed by atoms with Crippen molar-refractivity contribution in [1.82, 2.24) is 9.97 Å². The Balaban J connectivity index is 1.40. The summed E-state index contributed by atoms with van der Waals surface area (Å²) >= 11 is 0. The largest absolute Gasteiger partial charge is 0.454 e. The summed E-state index contributed by atoms with van der Waals surface area (Å²) in [6, 6.07) is 16.4. The number of ether oxygens (including phenoxy) is 2. The van der Waals surface area contributed by atoms with Crippen LogP contribution in [0.3, 0.4) is 0 Å². The van der Waals surface area contributed by atoms with Gasteiger partial charge in [0, 0.05) is 36.6 Å². The quantitative estimate of drug-likeness (QED) is 0.766. The van der Waals surface area contributed by atoms with Gasteiger partial charge in [0.2, 0.25) is 12.7 Å². The molecule has 27 heavy (non-hydrogen) atoms. The van der Waals surface area contributed by atoms with Gasteiger partial charge in [-0.05, 0) is 36.6 Å². The van der Waals surface area contributed by atoms with E-state index in [2.05, 4.69) is 39.5 Å². The second-order valence-electron chi connectivity index (χ2n) is 6.82. The van der Waals surface area contributed by atoms with E-state index < -0.39 is 0 Å². The van der Waals surface area contributed by atoms with Crippen molar-refractivity contribution in [3.05, 3.63) is 65.4 Å². The molecule has 0 aliphatic carbocycles. The number of fused-ring (bicyclic) bond motifs is 2. The van der Waals surface area contributed by atoms with Crippen LogP contribution in [0.5, 0.6) is 11.5 Å². The molecular formula is C21H20N4O2. The fraction of sp³-hybridized carbons (Fsp3) is 0.238. The molecule has 0 spiro atoms. The number of nitrogens with zero attached hydrogens (tertiary/aromatic N) is 3. The van der Waals surface area contributed by atoms with Gasteiger partial charge in [0.05, 0.1) is 0 Å². The minimum Gasteiger partial charge on any atom is -0.454 e. The second-order valence-corrected chi connectivity index (χ2v) is 6.82. The number of rotatable bonds is 3. The van der Waals surface area contributed by atoms with E-state index in [0.29, 0.717) is 5.95 Å². The van der Waals surface area contributed by atoms with Crippen molar-refractivity contribution in [1.29, 1.82) is 0 Å². The smallest absolute Gasteiger partial charge is 0.231 e. The van der Waals surface area contributed by atoms with Gasteiger partial charge in [-0.25, -0.2) is 4.98 Å². The van der Waals surface area contributed by atoms with Crippen molar-refractivity contribution in [2.75, 3.05) is 23.6 Å². The number of aryl methyl sites for hydroxylation is 1. The van der Waals surface area contributed by atoms with E-state index in [1.807, 2.05) is 31.2 Å². The summed E-state index contributed by atoms with van der Waals surface area (Å²) in [5, 5.41) is 3.29. The van der Waals surface area contributed by atoms with Crippen LogP contribution in [0.1, 0.15) is 16.8 Å². The maximum atomic E-state index is 5.44. The molecule has 0 unspecified atom stereocenters. The van der Waals surface area contributed by atoms with E-state index in [1.54, 1.807) is 0 Å². The van der Waals surface area contributed by atoms with Crippen LogP contribution in [0.25, 0.3) is 0 Å². The van der Waals surface area contributed by atoms with Gasteiger partial charge in [-0.1, -0.05) is 24.3 Å². The van der Waals surface area contributed by atoms with E-state index in [9.17, 15) is 0 Å². The molecule has 0 atom stereocenters. The summed E-state index contributed by atoms with van der Waals surface area (Å²) in [7, 11) is 0. The third-order valence-corrected chi connectivity index (χ3v) is 4.92. The Hall–Kier alpha value is -3.28. The monoisotopic (exact) mass is 360 g/mol. The molecule has 2 aliphatic heterocycles. The van der Waals surface area contributed by atoms with Gasteiger partial charge in [-0.2, -0.15) is 4.98 Å². The lowest BCUT2D eigenvalue weighted by atomic mass is 10.00. The number of hydrogen-bond acceptors (Lipinski definition) is 6. The lowest BCUT2D eigenvalue weighted by Crippen LogP contribution is -2.31. The summed E-state index contributed by atoms with van der Waals surface area (Å²) < 4.78 is 10.8. The average Bonchev–Trinajstić information content (AvgIpc) is 3.15. The first kappa shape index (κ1) is 15.9. The van der Waals surface area contributed by atoms with Crippen LogP contribution in [0.15, 0.2) is 48.5 Å². The third kappa shape index (κ3) is 3.14. The van der Waals surface area contributed by atoms with Gasteiger partial charge >= 0.3 is 0 Å². The third-order valence-electron chi connectivity index (χ3n) is 4.92. The Morgan fingerprint density at radius 2 is 1.81 bits per heavy atom. The van der Waals surface area contributed by atoms with E-state index in [0.717, 1.165) is 48.2 Å². The van der Waals surface area contributed by atoms with Gasteiger partial charge < -0.3 is 19.7 Å².